The highest BCUT2D eigenvalue weighted by molar-refractivity contribution is 7.88. The number of amides is 3. The lowest BCUT2D eigenvalue weighted by Crippen LogP contribution is -2.71. The second-order valence-electron chi connectivity index (χ2n) is 6.17. The van der Waals surface area contributed by atoms with Crippen LogP contribution in [0, 0.1) is 5.41 Å². The Morgan fingerprint density at radius 1 is 1.39 bits per heavy atom. The van der Waals surface area contributed by atoms with Gasteiger partial charge in [-0.15, -0.1) is 0 Å². The van der Waals surface area contributed by atoms with Crippen LogP contribution in [0.15, 0.2) is 0 Å². The van der Waals surface area contributed by atoms with E-state index in [1.54, 1.807) is 0 Å². The van der Waals surface area contributed by atoms with Crippen molar-refractivity contribution in [2.45, 2.75) is 31.9 Å². The van der Waals surface area contributed by atoms with E-state index in [1.165, 1.54) is 18.9 Å². The second kappa shape index (κ2) is 5.75. The molecule has 1 spiro atoms. The molecule has 0 aromatic rings. The number of likely N-dealkylation sites (tertiary alicyclic amines) is 1. The van der Waals surface area contributed by atoms with Crippen LogP contribution in [0.2, 0.25) is 0 Å². The summed E-state index contributed by atoms with van der Waals surface area (Å²) in [4.78, 5) is 37.6. The number of nitrogens with zero attached hydrogens (tertiary/aromatic N) is 2. The zero-order valence-corrected chi connectivity index (χ0v) is 14.1. The second-order valence-corrected chi connectivity index (χ2v) is 8.08. The third kappa shape index (κ3) is 2.92. The zero-order valence-electron chi connectivity index (χ0n) is 13.3. The van der Waals surface area contributed by atoms with Gasteiger partial charge >= 0.3 is 0 Å². The van der Waals surface area contributed by atoms with Gasteiger partial charge in [0.2, 0.25) is 27.7 Å². The Balaban J connectivity index is 2.14. The SMILES string of the molecule is CNC(=O)[C@H]([C@@H](C)O)N1CC2(CCN(S(C)(=O)=O)C(=O)C2)C1=O. The largest absolute Gasteiger partial charge is 0.391 e. The number of carbonyl (C=O) groups excluding carboxylic acids is 3. The summed E-state index contributed by atoms with van der Waals surface area (Å²) in [5.41, 5.74) is -0.959. The average molecular weight is 347 g/mol. The first-order chi connectivity index (χ1) is 10.5. The van der Waals surface area contributed by atoms with Crippen LogP contribution in [0.1, 0.15) is 19.8 Å². The maximum atomic E-state index is 12.5. The molecule has 0 bridgehead atoms. The maximum absolute atomic E-state index is 12.5. The number of hydrogen-bond acceptors (Lipinski definition) is 6. The van der Waals surface area contributed by atoms with E-state index in [9.17, 15) is 27.9 Å². The van der Waals surface area contributed by atoms with E-state index in [0.29, 0.717) is 0 Å². The van der Waals surface area contributed by atoms with E-state index in [4.69, 9.17) is 0 Å². The molecule has 3 atom stereocenters. The van der Waals surface area contributed by atoms with E-state index in [0.717, 1.165) is 10.6 Å². The Morgan fingerprint density at radius 2 is 2.00 bits per heavy atom. The van der Waals surface area contributed by atoms with Crippen LogP contribution in [0.4, 0.5) is 0 Å². The molecule has 2 fully saturated rings. The lowest BCUT2D eigenvalue weighted by Gasteiger charge is -2.54. The molecule has 0 aromatic heterocycles. The van der Waals surface area contributed by atoms with Crippen molar-refractivity contribution in [3.63, 3.8) is 0 Å². The number of rotatable bonds is 4. The molecule has 2 aliphatic heterocycles. The van der Waals surface area contributed by atoms with Crippen molar-refractivity contribution in [1.29, 1.82) is 0 Å². The van der Waals surface area contributed by atoms with Crippen LogP contribution in [0.25, 0.3) is 0 Å². The summed E-state index contributed by atoms with van der Waals surface area (Å²) in [6, 6.07) is -1.01. The van der Waals surface area contributed by atoms with Gasteiger partial charge < -0.3 is 15.3 Å². The number of hydrogen-bond donors (Lipinski definition) is 2. The Hall–Kier alpha value is -1.68. The summed E-state index contributed by atoms with van der Waals surface area (Å²) >= 11 is 0. The van der Waals surface area contributed by atoms with Crippen LogP contribution in [-0.2, 0) is 24.4 Å². The molecule has 2 saturated heterocycles. The van der Waals surface area contributed by atoms with Gasteiger partial charge in [-0.25, -0.2) is 12.7 Å². The van der Waals surface area contributed by atoms with Gasteiger partial charge in [-0.05, 0) is 13.3 Å². The fourth-order valence-corrected chi connectivity index (χ4v) is 4.10. The average Bonchev–Trinajstić information content (AvgIpc) is 2.44. The molecule has 2 rings (SSSR count). The van der Waals surface area contributed by atoms with Gasteiger partial charge in [-0.2, -0.15) is 0 Å². The van der Waals surface area contributed by atoms with Gasteiger partial charge in [0.15, 0.2) is 0 Å². The summed E-state index contributed by atoms with van der Waals surface area (Å²) in [6.07, 6.45) is -0.0766. The van der Waals surface area contributed by atoms with Crippen molar-refractivity contribution < 1.29 is 27.9 Å². The fourth-order valence-electron chi connectivity index (χ4n) is 3.25. The van der Waals surface area contributed by atoms with Gasteiger partial charge in [-0.1, -0.05) is 0 Å². The predicted molar refractivity (Wildman–Crippen MR) is 79.5 cm³/mol. The molecule has 130 valence electrons. The first-order valence-corrected chi connectivity index (χ1v) is 9.09. The van der Waals surface area contributed by atoms with E-state index in [2.05, 4.69) is 5.32 Å². The fraction of sp³-hybridized carbons (Fsp3) is 0.769. The zero-order chi connectivity index (χ0) is 17.6. The number of piperidine rings is 1. The summed E-state index contributed by atoms with van der Waals surface area (Å²) in [5.74, 6) is -1.49. The molecule has 0 aromatic carbocycles. The van der Waals surface area contributed by atoms with Gasteiger partial charge in [0.25, 0.3) is 0 Å². The highest BCUT2D eigenvalue weighted by Crippen LogP contribution is 2.44. The number of aliphatic hydroxyl groups excluding tert-OH is 1. The first kappa shape index (κ1) is 17.7. The monoisotopic (exact) mass is 347 g/mol. The van der Waals surface area contributed by atoms with Crippen LogP contribution >= 0.6 is 0 Å². The van der Waals surface area contributed by atoms with Gasteiger partial charge in [0, 0.05) is 26.6 Å². The highest BCUT2D eigenvalue weighted by atomic mass is 32.2. The highest BCUT2D eigenvalue weighted by Gasteiger charge is 2.59. The van der Waals surface area contributed by atoms with Gasteiger partial charge in [-0.3, -0.25) is 14.4 Å². The van der Waals surface area contributed by atoms with Crippen LogP contribution < -0.4 is 5.32 Å². The van der Waals surface area contributed by atoms with E-state index in [-0.39, 0.29) is 25.9 Å². The number of aliphatic hydroxyl groups is 1. The van der Waals surface area contributed by atoms with Crippen LogP contribution in [0.3, 0.4) is 0 Å². The van der Waals surface area contributed by atoms with E-state index in [1.807, 2.05) is 0 Å². The smallest absolute Gasteiger partial charge is 0.245 e. The van der Waals surface area contributed by atoms with Crippen molar-refractivity contribution in [2.75, 3.05) is 26.4 Å². The molecular formula is C13H21N3O6S. The maximum Gasteiger partial charge on any atom is 0.245 e. The number of carbonyl (C=O) groups is 3. The molecule has 9 nitrogen and oxygen atoms in total. The molecule has 1 unspecified atom stereocenters. The molecule has 2 N–H and O–H groups in total. The van der Waals surface area contributed by atoms with Gasteiger partial charge in [0.1, 0.15) is 6.04 Å². The normalized spacial score (nSPS) is 27.7. The molecule has 2 heterocycles. The molecule has 10 heteroatoms. The standard InChI is InChI=1S/C13H21N3O6S/c1-8(17)10(11(19)14-2)15-7-13(12(15)20)4-5-16(9(18)6-13)23(3,21)22/h8,10,17H,4-7H2,1-3H3,(H,14,19)/t8-,10+,13?/m1/s1. The minimum atomic E-state index is -3.63. The Bertz CT molecular complexity index is 646. The summed E-state index contributed by atoms with van der Waals surface area (Å²) < 4.78 is 23.8. The summed E-state index contributed by atoms with van der Waals surface area (Å²) in [6.45, 7) is 1.52. The molecule has 3 amide bonds. The molecule has 0 aliphatic carbocycles. The van der Waals surface area contributed by atoms with Crippen molar-refractivity contribution in [3.05, 3.63) is 0 Å². The van der Waals surface area contributed by atoms with Crippen LogP contribution in [0.5, 0.6) is 0 Å². The van der Waals surface area contributed by atoms with Crippen molar-refractivity contribution >= 4 is 27.7 Å². The Morgan fingerprint density at radius 3 is 2.39 bits per heavy atom. The molecular weight excluding hydrogens is 326 g/mol. The van der Waals surface area contributed by atoms with Crippen molar-refractivity contribution in [1.82, 2.24) is 14.5 Å². The minimum absolute atomic E-state index is 0.0451. The number of sulfonamides is 1. The third-order valence-electron chi connectivity index (χ3n) is 4.46. The number of β-lactam (4-membered cyclic amide) rings is 1. The quantitative estimate of drug-likeness (QED) is 0.561. The predicted octanol–water partition coefficient (Wildman–Crippen LogP) is -2.11. The number of nitrogens with one attached hydrogen (secondary N) is 1. The Labute approximate surface area is 134 Å². The van der Waals surface area contributed by atoms with Crippen molar-refractivity contribution in [2.24, 2.45) is 5.41 Å². The van der Waals surface area contributed by atoms with Crippen LogP contribution in [-0.4, -0.2) is 79.0 Å². The Kier molecular flexibility index (Phi) is 4.42. The van der Waals surface area contributed by atoms with Gasteiger partial charge in [0.05, 0.1) is 17.8 Å². The lowest BCUT2D eigenvalue weighted by molar-refractivity contribution is -0.178. The molecule has 2 aliphatic rings. The number of likely N-dealkylation sites (N-methyl/N-ethyl adjacent to an activating group) is 1. The van der Waals surface area contributed by atoms with E-state index < -0.39 is 45.3 Å². The molecule has 0 radical (unpaired) electrons. The topological polar surface area (TPSA) is 124 Å². The van der Waals surface area contributed by atoms with Crippen molar-refractivity contribution in [3.8, 4) is 0 Å². The first-order valence-electron chi connectivity index (χ1n) is 7.25. The lowest BCUT2D eigenvalue weighted by atomic mass is 9.70. The summed E-state index contributed by atoms with van der Waals surface area (Å²) in [5, 5.41) is 12.1. The van der Waals surface area contributed by atoms with E-state index >= 15 is 0 Å². The molecule has 0 saturated carbocycles. The third-order valence-corrected chi connectivity index (χ3v) is 5.64. The minimum Gasteiger partial charge on any atom is -0.391 e. The molecule has 23 heavy (non-hydrogen) atoms. The summed E-state index contributed by atoms with van der Waals surface area (Å²) in [7, 11) is -2.22.